The van der Waals surface area contributed by atoms with Crippen molar-refractivity contribution in [2.45, 2.75) is 18.9 Å². The molecule has 1 aliphatic rings. The molecule has 0 amide bonds. The maximum absolute atomic E-state index is 11.7. The minimum absolute atomic E-state index is 0.0778. The van der Waals surface area contributed by atoms with Gasteiger partial charge in [0.15, 0.2) is 0 Å². The zero-order valence-electron chi connectivity index (χ0n) is 17.8. The first-order valence-electron chi connectivity index (χ1n) is 10.2. The van der Waals surface area contributed by atoms with E-state index >= 15 is 0 Å². The minimum Gasteiger partial charge on any atom is -0.496 e. The molecule has 168 valence electrons. The molecule has 0 spiro atoms. The lowest BCUT2D eigenvalue weighted by Crippen LogP contribution is -2.42. The molecule has 3 aromatic rings. The molecular weight excluding hydrogens is 432 g/mol. The van der Waals surface area contributed by atoms with Gasteiger partial charge in [0.05, 0.1) is 24.4 Å². The van der Waals surface area contributed by atoms with Crippen molar-refractivity contribution in [1.29, 1.82) is 0 Å². The van der Waals surface area contributed by atoms with Crippen LogP contribution >= 0.6 is 0 Å². The van der Waals surface area contributed by atoms with Crippen molar-refractivity contribution >= 4 is 32.8 Å². The van der Waals surface area contributed by atoms with E-state index in [0.29, 0.717) is 54.3 Å². The Labute approximate surface area is 186 Å². The van der Waals surface area contributed by atoms with Gasteiger partial charge in [-0.25, -0.2) is 27.5 Å². The second kappa shape index (κ2) is 8.71. The average Bonchev–Trinajstić information content (AvgIpc) is 2.78. The summed E-state index contributed by atoms with van der Waals surface area (Å²) in [7, 11) is -1.64. The minimum atomic E-state index is -3.17. The summed E-state index contributed by atoms with van der Waals surface area (Å²) in [4.78, 5) is 20.7. The maximum Gasteiger partial charge on any atom is 0.336 e. The van der Waals surface area contributed by atoms with Gasteiger partial charge in [0.2, 0.25) is 16.0 Å². The molecule has 0 saturated carbocycles. The van der Waals surface area contributed by atoms with Crippen molar-refractivity contribution in [3.63, 3.8) is 0 Å². The van der Waals surface area contributed by atoms with Gasteiger partial charge in [-0.2, -0.15) is 0 Å². The Hall–Kier alpha value is -3.24. The topological polar surface area (TPSA) is 122 Å². The van der Waals surface area contributed by atoms with E-state index in [-0.39, 0.29) is 11.6 Å². The van der Waals surface area contributed by atoms with E-state index in [9.17, 15) is 18.3 Å². The van der Waals surface area contributed by atoms with Crippen molar-refractivity contribution in [3.05, 3.63) is 48.2 Å². The van der Waals surface area contributed by atoms with Crippen LogP contribution in [-0.2, 0) is 10.0 Å². The highest BCUT2D eigenvalue weighted by molar-refractivity contribution is 7.88. The zero-order valence-corrected chi connectivity index (χ0v) is 18.6. The van der Waals surface area contributed by atoms with Crippen LogP contribution in [0.4, 0.5) is 5.95 Å². The number of nitrogens with zero attached hydrogens (tertiary/aromatic N) is 3. The van der Waals surface area contributed by atoms with Crippen LogP contribution in [0.25, 0.3) is 22.0 Å². The predicted octanol–water partition coefficient (Wildman–Crippen LogP) is 2.84. The van der Waals surface area contributed by atoms with Crippen LogP contribution in [0.1, 0.15) is 23.2 Å². The number of hydrogen-bond acceptors (Lipinski definition) is 7. The van der Waals surface area contributed by atoms with Gasteiger partial charge in [-0.05, 0) is 30.5 Å². The quantitative estimate of drug-likeness (QED) is 0.581. The molecule has 10 heteroatoms. The van der Waals surface area contributed by atoms with Gasteiger partial charge in [0, 0.05) is 42.3 Å². The highest BCUT2D eigenvalue weighted by Gasteiger charge is 2.25. The van der Waals surface area contributed by atoms with Gasteiger partial charge in [-0.1, -0.05) is 18.2 Å². The summed E-state index contributed by atoms with van der Waals surface area (Å²) in [5, 5.41) is 13.6. The molecule has 0 aliphatic carbocycles. The van der Waals surface area contributed by atoms with Gasteiger partial charge in [-0.3, -0.25) is 0 Å². The number of carboxylic acid groups (broad SMARTS) is 1. The van der Waals surface area contributed by atoms with Crippen molar-refractivity contribution in [2.24, 2.45) is 0 Å². The maximum atomic E-state index is 11.7. The van der Waals surface area contributed by atoms with E-state index in [1.807, 2.05) is 6.07 Å². The normalized spacial score (nSPS) is 15.6. The molecule has 1 saturated heterocycles. The summed E-state index contributed by atoms with van der Waals surface area (Å²) in [6.45, 7) is 0.925. The zero-order chi connectivity index (χ0) is 22.9. The summed E-state index contributed by atoms with van der Waals surface area (Å²) in [5.41, 5.74) is 2.04. The molecule has 9 nitrogen and oxygen atoms in total. The van der Waals surface area contributed by atoms with Gasteiger partial charge < -0.3 is 15.2 Å². The number of piperidine rings is 1. The van der Waals surface area contributed by atoms with E-state index < -0.39 is 16.0 Å². The number of ether oxygens (including phenoxy) is 1. The van der Waals surface area contributed by atoms with Crippen LogP contribution in [0.2, 0.25) is 0 Å². The van der Waals surface area contributed by atoms with E-state index in [4.69, 9.17) is 4.74 Å². The fourth-order valence-corrected chi connectivity index (χ4v) is 4.80. The number of methoxy groups -OCH3 is 1. The van der Waals surface area contributed by atoms with Gasteiger partial charge in [0.25, 0.3) is 0 Å². The average molecular weight is 457 g/mol. The van der Waals surface area contributed by atoms with Crippen molar-refractivity contribution in [3.8, 4) is 16.9 Å². The highest BCUT2D eigenvalue weighted by Crippen LogP contribution is 2.35. The molecule has 4 rings (SSSR count). The molecule has 32 heavy (non-hydrogen) atoms. The first-order chi connectivity index (χ1) is 15.3. The lowest BCUT2D eigenvalue weighted by Gasteiger charge is -2.30. The number of rotatable bonds is 6. The molecular formula is C22H24N4O5S. The molecule has 0 radical (unpaired) electrons. The van der Waals surface area contributed by atoms with Crippen molar-refractivity contribution in [2.75, 3.05) is 31.8 Å². The van der Waals surface area contributed by atoms with Gasteiger partial charge in [0.1, 0.15) is 5.75 Å². The summed E-state index contributed by atoms with van der Waals surface area (Å²) in [6.07, 6.45) is 4.25. The standard InChI is InChI=1S/C22H24N4O5S/c1-31-20-12-19-14(11-18(20)16-5-3-4-6-17(16)21(27)28)13-23-22(25-19)24-15-7-9-26(10-8-15)32(2,29)30/h3-6,11-13,15H,7-10H2,1-2H3,(H,27,28)(H,23,24,25). The SMILES string of the molecule is COc1cc2nc(NC3CCN(S(C)(=O)=O)CC3)ncc2cc1-c1ccccc1C(=O)O. The molecule has 0 atom stereocenters. The first-order valence-corrected chi connectivity index (χ1v) is 12.0. The summed E-state index contributed by atoms with van der Waals surface area (Å²) >= 11 is 0. The Balaban J connectivity index is 1.61. The third-order valence-corrected chi connectivity index (χ3v) is 6.91. The van der Waals surface area contributed by atoms with E-state index in [0.717, 1.165) is 5.39 Å². The lowest BCUT2D eigenvalue weighted by molar-refractivity contribution is 0.0697. The second-order valence-electron chi connectivity index (χ2n) is 7.74. The third-order valence-electron chi connectivity index (χ3n) is 5.60. The first kappa shape index (κ1) is 22.0. The Morgan fingerprint density at radius 3 is 2.56 bits per heavy atom. The molecule has 1 aromatic heterocycles. The molecule has 2 N–H and O–H groups in total. The van der Waals surface area contributed by atoms with E-state index in [1.165, 1.54) is 17.7 Å². The smallest absolute Gasteiger partial charge is 0.336 e. The fourth-order valence-electron chi connectivity index (χ4n) is 3.93. The largest absolute Gasteiger partial charge is 0.496 e. The number of carboxylic acids is 1. The van der Waals surface area contributed by atoms with Crippen LogP contribution in [0.5, 0.6) is 5.75 Å². The number of aromatic carboxylic acids is 1. The predicted molar refractivity (Wildman–Crippen MR) is 122 cm³/mol. The monoisotopic (exact) mass is 456 g/mol. The number of benzene rings is 2. The number of fused-ring (bicyclic) bond motifs is 1. The van der Waals surface area contributed by atoms with E-state index in [1.54, 1.807) is 36.5 Å². The Morgan fingerprint density at radius 2 is 1.91 bits per heavy atom. The third kappa shape index (κ3) is 4.51. The number of sulfonamides is 1. The van der Waals surface area contributed by atoms with Crippen LogP contribution in [0, 0.1) is 0 Å². The Morgan fingerprint density at radius 1 is 1.19 bits per heavy atom. The van der Waals surface area contributed by atoms with E-state index in [2.05, 4.69) is 15.3 Å². The number of carbonyl (C=O) groups is 1. The Kier molecular flexibility index (Phi) is 5.98. The molecule has 0 unspecified atom stereocenters. The van der Waals surface area contributed by atoms with Gasteiger partial charge in [-0.15, -0.1) is 0 Å². The van der Waals surface area contributed by atoms with Crippen molar-refractivity contribution in [1.82, 2.24) is 14.3 Å². The van der Waals surface area contributed by atoms with Crippen LogP contribution < -0.4 is 10.1 Å². The number of nitrogens with one attached hydrogen (secondary N) is 1. The lowest BCUT2D eigenvalue weighted by atomic mass is 9.97. The Bertz CT molecular complexity index is 1270. The highest BCUT2D eigenvalue weighted by atomic mass is 32.2. The van der Waals surface area contributed by atoms with Crippen LogP contribution in [0.3, 0.4) is 0 Å². The number of anilines is 1. The molecule has 2 heterocycles. The molecule has 1 fully saturated rings. The molecule has 2 aromatic carbocycles. The van der Waals surface area contributed by atoms with Crippen LogP contribution in [0.15, 0.2) is 42.6 Å². The summed E-state index contributed by atoms with van der Waals surface area (Å²) in [6, 6.07) is 10.4. The molecule has 1 aliphatic heterocycles. The summed E-state index contributed by atoms with van der Waals surface area (Å²) in [5.74, 6) is -0.0474. The number of hydrogen-bond donors (Lipinski definition) is 2. The van der Waals surface area contributed by atoms with Crippen molar-refractivity contribution < 1.29 is 23.1 Å². The van der Waals surface area contributed by atoms with Crippen LogP contribution in [-0.4, -0.2) is 66.3 Å². The number of aromatic nitrogens is 2. The second-order valence-corrected chi connectivity index (χ2v) is 9.72. The fraction of sp³-hybridized carbons (Fsp3) is 0.318. The van der Waals surface area contributed by atoms with Gasteiger partial charge >= 0.3 is 5.97 Å². The summed E-state index contributed by atoms with van der Waals surface area (Å²) < 4.78 is 30.4. The molecule has 0 bridgehead atoms.